The highest BCUT2D eigenvalue weighted by Gasteiger charge is 2.22. The van der Waals surface area contributed by atoms with Crippen LogP contribution in [0.15, 0.2) is 29.4 Å². The van der Waals surface area contributed by atoms with Crippen molar-refractivity contribution in [2.45, 2.75) is 18.3 Å². The molecule has 0 fully saturated rings. The Kier molecular flexibility index (Phi) is 6.07. The van der Waals surface area contributed by atoms with Gasteiger partial charge in [0.25, 0.3) is 5.91 Å². The fourth-order valence-corrected chi connectivity index (χ4v) is 1.32. The lowest BCUT2D eigenvalue weighted by molar-refractivity contribution is -0.0542. The number of phenols is 1. The van der Waals surface area contributed by atoms with Crippen molar-refractivity contribution in [1.82, 2.24) is 5.43 Å². The number of phenolic OH excluding ortho intramolecular Hbond substituents is 1. The third-order valence-corrected chi connectivity index (χ3v) is 2.47. The number of hydrazone groups is 1. The van der Waals surface area contributed by atoms with Crippen LogP contribution in [-0.2, 0) is 0 Å². The van der Waals surface area contributed by atoms with Crippen molar-refractivity contribution >= 4 is 12.1 Å². The molecule has 1 amide bonds. The highest BCUT2D eigenvalue weighted by Crippen LogP contribution is 2.14. The van der Waals surface area contributed by atoms with Gasteiger partial charge in [-0.15, -0.1) is 0 Å². The van der Waals surface area contributed by atoms with E-state index in [4.69, 9.17) is 10.2 Å². The van der Waals surface area contributed by atoms with Gasteiger partial charge in [0, 0.05) is 0 Å². The molecule has 0 radical (unpaired) electrons. The molecule has 0 unspecified atom stereocenters. The molecule has 0 saturated carbocycles. The lowest BCUT2D eigenvalue weighted by atomic mass is 10.1. The topological polar surface area (TPSA) is 143 Å². The molecule has 20 heavy (non-hydrogen) atoms. The van der Waals surface area contributed by atoms with Gasteiger partial charge in [-0.1, -0.05) is 12.1 Å². The van der Waals surface area contributed by atoms with Crippen LogP contribution in [-0.4, -0.2) is 62.6 Å². The molecule has 1 rings (SSSR count). The summed E-state index contributed by atoms with van der Waals surface area (Å²) < 4.78 is 0. The van der Waals surface area contributed by atoms with Crippen molar-refractivity contribution in [3.63, 3.8) is 0 Å². The largest absolute Gasteiger partial charge is 0.507 e. The normalized spacial score (nSPS) is 15.8. The Morgan fingerprint density at radius 2 is 1.95 bits per heavy atom. The maximum Gasteiger partial charge on any atom is 0.275 e. The molecule has 1 aromatic rings. The number of aliphatic hydroxyl groups is 4. The summed E-state index contributed by atoms with van der Waals surface area (Å²) in [6.07, 6.45) is -3.93. The van der Waals surface area contributed by atoms with Crippen LogP contribution >= 0.6 is 0 Å². The molecule has 8 nitrogen and oxygen atoms in total. The highest BCUT2D eigenvalue weighted by atomic mass is 16.4. The van der Waals surface area contributed by atoms with E-state index < -0.39 is 30.8 Å². The van der Waals surface area contributed by atoms with Gasteiger partial charge in [-0.3, -0.25) is 4.79 Å². The van der Waals surface area contributed by atoms with Crippen LogP contribution in [0.2, 0.25) is 0 Å². The smallest absolute Gasteiger partial charge is 0.275 e. The average Bonchev–Trinajstić information content (AvgIpc) is 2.45. The Balaban J connectivity index is 2.57. The van der Waals surface area contributed by atoms with E-state index in [-0.39, 0.29) is 11.3 Å². The molecular weight excluding hydrogens is 268 g/mol. The number of hydrogen-bond donors (Lipinski definition) is 6. The molecule has 3 atom stereocenters. The summed E-state index contributed by atoms with van der Waals surface area (Å²) in [6, 6.07) is 5.80. The van der Waals surface area contributed by atoms with Crippen LogP contribution in [0.1, 0.15) is 10.4 Å². The number of carbonyl (C=O) groups excluding carboxylic acids is 1. The molecule has 0 bridgehead atoms. The SMILES string of the molecule is O=C(N/N=C\[C@H](O)[C@@H](O)[C@H](O)CO)c1ccccc1O. The third kappa shape index (κ3) is 4.28. The number of carbonyl (C=O) groups is 1. The van der Waals surface area contributed by atoms with Gasteiger partial charge >= 0.3 is 0 Å². The third-order valence-electron chi connectivity index (χ3n) is 2.47. The van der Waals surface area contributed by atoms with E-state index in [1.54, 1.807) is 12.1 Å². The van der Waals surface area contributed by atoms with Gasteiger partial charge in [-0.2, -0.15) is 5.10 Å². The van der Waals surface area contributed by atoms with Crippen molar-refractivity contribution in [1.29, 1.82) is 0 Å². The molecule has 8 heteroatoms. The Labute approximate surface area is 114 Å². The van der Waals surface area contributed by atoms with Crippen LogP contribution in [0, 0.1) is 0 Å². The fraction of sp³-hybridized carbons (Fsp3) is 0.333. The first-order chi connectivity index (χ1) is 9.47. The molecule has 0 heterocycles. The van der Waals surface area contributed by atoms with Crippen molar-refractivity contribution in [2.75, 3.05) is 6.61 Å². The Morgan fingerprint density at radius 1 is 1.30 bits per heavy atom. The Bertz CT molecular complexity index is 479. The van der Waals surface area contributed by atoms with Crippen LogP contribution < -0.4 is 5.43 Å². The Hall–Kier alpha value is -2.00. The monoisotopic (exact) mass is 284 g/mol. The molecule has 110 valence electrons. The second kappa shape index (κ2) is 7.56. The molecule has 0 aliphatic heterocycles. The van der Waals surface area contributed by atoms with Crippen molar-refractivity contribution in [3.8, 4) is 5.75 Å². The summed E-state index contributed by atoms with van der Waals surface area (Å²) in [6.45, 7) is -0.726. The van der Waals surface area contributed by atoms with E-state index in [0.717, 1.165) is 6.21 Å². The molecule has 6 N–H and O–H groups in total. The second-order valence-electron chi connectivity index (χ2n) is 3.97. The van der Waals surface area contributed by atoms with E-state index in [2.05, 4.69) is 5.10 Å². The summed E-state index contributed by atoms with van der Waals surface area (Å²) in [4.78, 5) is 11.6. The van der Waals surface area contributed by atoms with Crippen molar-refractivity contribution in [3.05, 3.63) is 29.8 Å². The van der Waals surface area contributed by atoms with E-state index in [0.29, 0.717) is 0 Å². The minimum Gasteiger partial charge on any atom is -0.507 e. The van der Waals surface area contributed by atoms with Crippen LogP contribution in [0.5, 0.6) is 5.75 Å². The maximum absolute atomic E-state index is 11.6. The predicted molar refractivity (Wildman–Crippen MR) is 69.2 cm³/mol. The number of amides is 1. The Morgan fingerprint density at radius 3 is 2.55 bits per heavy atom. The van der Waals surface area contributed by atoms with Gasteiger partial charge in [0.1, 0.15) is 24.1 Å². The van der Waals surface area contributed by atoms with Gasteiger partial charge in [0.15, 0.2) is 0 Å². The van der Waals surface area contributed by atoms with E-state index in [1.165, 1.54) is 12.1 Å². The first-order valence-corrected chi connectivity index (χ1v) is 5.74. The molecular formula is C12H16N2O6. The lowest BCUT2D eigenvalue weighted by Gasteiger charge is -2.17. The molecule has 0 spiro atoms. The van der Waals surface area contributed by atoms with Gasteiger partial charge < -0.3 is 25.5 Å². The average molecular weight is 284 g/mol. The van der Waals surface area contributed by atoms with E-state index >= 15 is 0 Å². The first-order valence-electron chi connectivity index (χ1n) is 5.74. The summed E-state index contributed by atoms with van der Waals surface area (Å²) in [7, 11) is 0. The lowest BCUT2D eigenvalue weighted by Crippen LogP contribution is -2.40. The zero-order valence-electron chi connectivity index (χ0n) is 10.4. The maximum atomic E-state index is 11.6. The van der Waals surface area contributed by atoms with E-state index in [9.17, 15) is 20.1 Å². The quantitative estimate of drug-likeness (QED) is 0.268. The molecule has 0 aliphatic carbocycles. The number of benzene rings is 1. The molecule has 0 aliphatic rings. The highest BCUT2D eigenvalue weighted by molar-refractivity contribution is 5.96. The zero-order valence-corrected chi connectivity index (χ0v) is 10.4. The summed E-state index contributed by atoms with van der Waals surface area (Å²) in [5, 5.41) is 49.2. The van der Waals surface area contributed by atoms with Crippen molar-refractivity contribution < 1.29 is 30.3 Å². The minimum absolute atomic E-state index is 0.00455. The van der Waals surface area contributed by atoms with Crippen LogP contribution in [0.3, 0.4) is 0 Å². The van der Waals surface area contributed by atoms with Gasteiger partial charge in [0.2, 0.25) is 0 Å². The minimum atomic E-state index is -1.63. The number of rotatable bonds is 6. The molecule has 0 aromatic heterocycles. The second-order valence-corrected chi connectivity index (χ2v) is 3.97. The number of aliphatic hydroxyl groups excluding tert-OH is 4. The number of nitrogens with one attached hydrogen (secondary N) is 1. The van der Waals surface area contributed by atoms with Gasteiger partial charge in [0.05, 0.1) is 18.4 Å². The van der Waals surface area contributed by atoms with Crippen LogP contribution in [0.25, 0.3) is 0 Å². The number of para-hydroxylation sites is 1. The number of nitrogens with zero attached hydrogens (tertiary/aromatic N) is 1. The van der Waals surface area contributed by atoms with Gasteiger partial charge in [-0.25, -0.2) is 5.43 Å². The van der Waals surface area contributed by atoms with Crippen LogP contribution in [0.4, 0.5) is 0 Å². The van der Waals surface area contributed by atoms with Crippen molar-refractivity contribution in [2.24, 2.45) is 5.10 Å². The summed E-state index contributed by atoms with van der Waals surface area (Å²) >= 11 is 0. The summed E-state index contributed by atoms with van der Waals surface area (Å²) in [5.74, 6) is -0.930. The predicted octanol–water partition coefficient (Wildman–Crippen LogP) is -1.82. The van der Waals surface area contributed by atoms with Gasteiger partial charge in [-0.05, 0) is 12.1 Å². The standard InChI is InChI=1S/C12H16N2O6/c15-6-10(18)11(19)9(17)5-13-14-12(20)7-3-1-2-4-8(7)16/h1-5,9-11,15-19H,6H2,(H,14,20)/b13-5-/t9-,10+,11+/m0/s1. The first kappa shape index (κ1) is 16.1. The molecule has 1 aromatic carbocycles. The fourth-order valence-electron chi connectivity index (χ4n) is 1.32. The number of hydrogen-bond acceptors (Lipinski definition) is 7. The number of aromatic hydroxyl groups is 1. The molecule has 0 saturated heterocycles. The zero-order chi connectivity index (χ0) is 15.1. The summed E-state index contributed by atoms with van der Waals surface area (Å²) in [5.41, 5.74) is 2.03. The van der Waals surface area contributed by atoms with E-state index in [1.807, 2.05) is 5.43 Å².